The van der Waals surface area contributed by atoms with E-state index in [2.05, 4.69) is 11.3 Å². The number of carbonyl (C=O) groups is 1. The van der Waals surface area contributed by atoms with E-state index in [9.17, 15) is 13.2 Å². The van der Waals surface area contributed by atoms with Gasteiger partial charge in [0.2, 0.25) is 5.44 Å². The van der Waals surface area contributed by atoms with Crippen LogP contribution in [0.2, 0.25) is 0 Å². The molecule has 0 bridgehead atoms. The molecule has 5 nitrogen and oxygen atoms in total. The molecule has 0 aromatic carbocycles. The van der Waals surface area contributed by atoms with E-state index in [4.69, 9.17) is 4.55 Å². The Morgan fingerprint density at radius 2 is 2.00 bits per heavy atom. The van der Waals surface area contributed by atoms with Crippen LogP contribution in [0.5, 0.6) is 0 Å². The number of esters is 1. The van der Waals surface area contributed by atoms with Crippen molar-refractivity contribution in [3.05, 3.63) is 12.2 Å². The van der Waals surface area contributed by atoms with Gasteiger partial charge in [-0.25, -0.2) is 4.79 Å². The van der Waals surface area contributed by atoms with Gasteiger partial charge in [-0.1, -0.05) is 13.5 Å². The molecule has 1 N–H and O–H groups in total. The molecule has 0 saturated carbocycles. The second kappa shape index (κ2) is 6.58. The molecule has 1 atom stereocenters. The van der Waals surface area contributed by atoms with Crippen molar-refractivity contribution >= 4 is 45.6 Å². The molecule has 0 aromatic rings. The second-order valence-corrected chi connectivity index (χ2v) is 4.09. The van der Waals surface area contributed by atoms with Gasteiger partial charge in [-0.3, -0.25) is 4.55 Å². The van der Waals surface area contributed by atoms with Gasteiger partial charge >= 0.3 is 45.6 Å². The Kier molecular flexibility index (Phi) is 7.77. The van der Waals surface area contributed by atoms with E-state index in [1.54, 1.807) is 0 Å². The Bertz CT molecular complexity index is 308. The van der Waals surface area contributed by atoms with Crippen LogP contribution in [-0.4, -0.2) is 53.9 Å². The van der Waals surface area contributed by atoms with Crippen molar-refractivity contribution in [2.75, 3.05) is 0 Å². The molecule has 78 valence electrons. The Balaban J connectivity index is 0. The van der Waals surface area contributed by atoms with Crippen LogP contribution >= 0.6 is 0 Å². The van der Waals surface area contributed by atoms with Gasteiger partial charge < -0.3 is 4.74 Å². The normalized spacial score (nSPS) is 12.5. The third-order valence-electron chi connectivity index (χ3n) is 1.25. The first-order chi connectivity index (χ1) is 5.79. The van der Waals surface area contributed by atoms with E-state index in [-0.39, 0.29) is 41.6 Å². The minimum atomic E-state index is -4.33. The maximum absolute atomic E-state index is 10.9. The summed E-state index contributed by atoms with van der Waals surface area (Å²) in [5.74, 6) is -0.829. The van der Waals surface area contributed by atoms with E-state index in [1.165, 1.54) is 13.8 Å². The summed E-state index contributed by atoms with van der Waals surface area (Å²) in [6.45, 7) is 6.14. The van der Waals surface area contributed by atoms with Gasteiger partial charge in [0, 0.05) is 5.57 Å². The van der Waals surface area contributed by atoms with Crippen LogP contribution in [-0.2, 0) is 19.6 Å². The van der Waals surface area contributed by atoms with Crippen LogP contribution in [0.1, 0.15) is 20.3 Å². The monoisotopic (exact) mass is 232 g/mol. The van der Waals surface area contributed by atoms with E-state index in [0.717, 1.165) is 0 Å². The summed E-state index contributed by atoms with van der Waals surface area (Å²) < 4.78 is 34.2. The van der Waals surface area contributed by atoms with Gasteiger partial charge in [-0.2, -0.15) is 8.42 Å². The van der Waals surface area contributed by atoms with Gasteiger partial charge in [0.1, 0.15) is 0 Å². The Morgan fingerprint density at radius 3 is 2.21 bits per heavy atom. The molecule has 0 aliphatic carbocycles. The summed E-state index contributed by atoms with van der Waals surface area (Å²) in [5, 5.41) is 0. The van der Waals surface area contributed by atoms with Crippen molar-refractivity contribution < 1.29 is 22.5 Å². The van der Waals surface area contributed by atoms with Crippen molar-refractivity contribution in [3.8, 4) is 0 Å². The molecule has 7 heteroatoms. The molecule has 0 spiro atoms. The van der Waals surface area contributed by atoms with Crippen LogP contribution in [0, 0.1) is 0 Å². The first-order valence-corrected chi connectivity index (χ1v) is 5.12. The molecule has 0 saturated heterocycles. The van der Waals surface area contributed by atoms with Crippen LogP contribution in [0.15, 0.2) is 12.2 Å². The van der Waals surface area contributed by atoms with Gasteiger partial charge in [-0.05, 0) is 13.3 Å². The summed E-state index contributed by atoms with van der Waals surface area (Å²) in [5.41, 5.74) is -1.42. The van der Waals surface area contributed by atoms with Gasteiger partial charge in [0.15, 0.2) is 0 Å². The summed E-state index contributed by atoms with van der Waals surface area (Å²) in [4.78, 5) is 10.9. The molecule has 0 amide bonds. The van der Waals surface area contributed by atoms with Crippen LogP contribution < -0.4 is 0 Å². The molecule has 0 fully saturated rings. The summed E-state index contributed by atoms with van der Waals surface area (Å²) in [7, 11) is -4.33. The fraction of sp³-hybridized carbons (Fsp3) is 0.571. The van der Waals surface area contributed by atoms with E-state index < -0.39 is 21.5 Å². The summed E-state index contributed by atoms with van der Waals surface area (Å²) >= 11 is 0. The molecule has 0 rings (SSSR count). The summed E-state index contributed by atoms with van der Waals surface area (Å²) in [6, 6.07) is 0. The number of hydrogen-bond acceptors (Lipinski definition) is 4. The molecule has 0 radical (unpaired) electrons. The molecular weight excluding hydrogens is 219 g/mol. The van der Waals surface area contributed by atoms with Crippen molar-refractivity contribution in [1.82, 2.24) is 0 Å². The van der Waals surface area contributed by atoms with Crippen LogP contribution in [0.4, 0.5) is 0 Å². The average molecular weight is 232 g/mol. The first-order valence-electron chi connectivity index (χ1n) is 3.61. The van der Waals surface area contributed by atoms with Crippen molar-refractivity contribution in [2.24, 2.45) is 0 Å². The molecular formula is C7H13NaO5S. The van der Waals surface area contributed by atoms with Crippen molar-refractivity contribution in [2.45, 2.75) is 25.7 Å². The molecule has 0 aliphatic heterocycles. The zero-order chi connectivity index (χ0) is 10.6. The fourth-order valence-electron chi connectivity index (χ4n) is 0.575. The second-order valence-electron chi connectivity index (χ2n) is 2.54. The quantitative estimate of drug-likeness (QED) is 0.321. The van der Waals surface area contributed by atoms with Gasteiger partial charge in [0.25, 0.3) is 0 Å². The van der Waals surface area contributed by atoms with Crippen molar-refractivity contribution in [3.63, 3.8) is 0 Å². The zero-order valence-electron chi connectivity index (χ0n) is 7.48. The third kappa shape index (κ3) is 5.77. The molecule has 1 unspecified atom stereocenters. The fourth-order valence-corrected chi connectivity index (χ4v) is 1.20. The SMILES string of the molecule is C=C(C)C(=O)OC(CC)S(=O)(=O)O.[NaH]. The molecule has 0 aliphatic rings. The predicted molar refractivity (Wildman–Crippen MR) is 53.7 cm³/mol. The standard InChI is InChI=1S/C7H12O5S.Na.H/c1-4-6(13(9,10)11)12-7(8)5(2)3;;/h6H,2,4H2,1,3H3,(H,9,10,11);;. The number of ether oxygens (including phenoxy) is 1. The van der Waals surface area contributed by atoms with Crippen LogP contribution in [0.25, 0.3) is 0 Å². The number of rotatable bonds is 4. The number of hydrogen-bond donors (Lipinski definition) is 1. The summed E-state index contributed by atoms with van der Waals surface area (Å²) in [6.07, 6.45) is -0.00213. The van der Waals surface area contributed by atoms with E-state index in [0.29, 0.717) is 0 Å². The maximum atomic E-state index is 10.9. The molecule has 0 heterocycles. The third-order valence-corrected chi connectivity index (χ3v) is 2.35. The molecule has 0 aromatic heterocycles. The number of carbonyl (C=O) groups excluding carboxylic acids is 1. The van der Waals surface area contributed by atoms with Crippen LogP contribution in [0.3, 0.4) is 0 Å². The van der Waals surface area contributed by atoms with Gasteiger partial charge in [0.05, 0.1) is 0 Å². The molecule has 14 heavy (non-hydrogen) atoms. The topological polar surface area (TPSA) is 80.7 Å². The average Bonchev–Trinajstić information content (AvgIpc) is 1.96. The predicted octanol–water partition coefficient (Wildman–Crippen LogP) is 0.0811. The minimum absolute atomic E-state index is 0. The Morgan fingerprint density at radius 1 is 1.57 bits per heavy atom. The Labute approximate surface area is 106 Å². The van der Waals surface area contributed by atoms with E-state index >= 15 is 0 Å². The first kappa shape index (κ1) is 16.5. The van der Waals surface area contributed by atoms with Gasteiger partial charge in [-0.15, -0.1) is 0 Å². The van der Waals surface area contributed by atoms with Crippen molar-refractivity contribution in [1.29, 1.82) is 0 Å². The van der Waals surface area contributed by atoms with E-state index in [1.807, 2.05) is 0 Å². The zero-order valence-corrected chi connectivity index (χ0v) is 8.30. The Hall–Kier alpha value is 0.120.